The summed E-state index contributed by atoms with van der Waals surface area (Å²) in [5, 5.41) is 10.7. The highest BCUT2D eigenvalue weighted by atomic mass is 35.5. The van der Waals surface area contributed by atoms with Crippen LogP contribution in [0.25, 0.3) is 0 Å². The van der Waals surface area contributed by atoms with Gasteiger partial charge in [-0.25, -0.2) is 4.79 Å². The number of likely N-dealkylation sites (tertiary alicyclic amines) is 1. The van der Waals surface area contributed by atoms with Gasteiger partial charge >= 0.3 is 6.03 Å². The first-order valence-corrected chi connectivity index (χ1v) is 10.7. The quantitative estimate of drug-likeness (QED) is 0.637. The molecule has 0 spiro atoms. The van der Waals surface area contributed by atoms with Gasteiger partial charge in [0.2, 0.25) is 5.89 Å². The molecule has 1 aromatic heterocycles. The maximum Gasteiger partial charge on any atom is 0.315 e. The number of piperidine rings is 1. The number of carbonyl (C=O) groups is 1. The predicted molar refractivity (Wildman–Crippen MR) is 113 cm³/mol. The molecule has 0 radical (unpaired) electrons. The Balaban J connectivity index is 1.28. The Morgan fingerprint density at radius 2 is 2.00 bits per heavy atom. The van der Waals surface area contributed by atoms with E-state index in [1.54, 1.807) is 0 Å². The Morgan fingerprint density at radius 1 is 1.28 bits per heavy atom. The Labute approximate surface area is 177 Å². The molecule has 1 aliphatic rings. The molecule has 7 nitrogen and oxygen atoms in total. The SMILES string of the molecule is CC(C)c1noc(CCCNC(=O)NC2CCN(Cc3ccc(Cl)cc3)CC2)n1. The molecule has 3 rings (SSSR count). The summed E-state index contributed by atoms with van der Waals surface area (Å²) in [5.74, 6) is 1.62. The van der Waals surface area contributed by atoms with Crippen molar-refractivity contribution in [3.05, 3.63) is 46.6 Å². The van der Waals surface area contributed by atoms with E-state index in [0.717, 1.165) is 49.7 Å². The molecule has 1 aliphatic heterocycles. The minimum atomic E-state index is -0.102. The van der Waals surface area contributed by atoms with E-state index in [2.05, 4.69) is 37.8 Å². The van der Waals surface area contributed by atoms with Crippen LogP contribution in [0, 0.1) is 0 Å². The van der Waals surface area contributed by atoms with Crippen LogP contribution in [0.1, 0.15) is 56.3 Å². The lowest BCUT2D eigenvalue weighted by Gasteiger charge is -2.32. The molecule has 0 bridgehead atoms. The van der Waals surface area contributed by atoms with Gasteiger partial charge in [0.05, 0.1) is 0 Å². The van der Waals surface area contributed by atoms with E-state index in [4.69, 9.17) is 16.1 Å². The zero-order valence-corrected chi connectivity index (χ0v) is 17.9. The molecular formula is C21H30ClN5O2. The smallest absolute Gasteiger partial charge is 0.315 e. The van der Waals surface area contributed by atoms with Gasteiger partial charge in [-0.05, 0) is 37.0 Å². The van der Waals surface area contributed by atoms with Gasteiger partial charge in [0.15, 0.2) is 5.82 Å². The minimum Gasteiger partial charge on any atom is -0.339 e. The Morgan fingerprint density at radius 3 is 2.66 bits per heavy atom. The third-order valence-corrected chi connectivity index (χ3v) is 5.35. The summed E-state index contributed by atoms with van der Waals surface area (Å²) in [4.78, 5) is 18.9. The average Bonchev–Trinajstić information content (AvgIpc) is 3.18. The van der Waals surface area contributed by atoms with Crippen LogP contribution >= 0.6 is 11.6 Å². The van der Waals surface area contributed by atoms with Crippen molar-refractivity contribution in [2.75, 3.05) is 19.6 Å². The molecule has 2 N–H and O–H groups in total. The maximum absolute atomic E-state index is 12.1. The monoisotopic (exact) mass is 419 g/mol. The van der Waals surface area contributed by atoms with E-state index < -0.39 is 0 Å². The minimum absolute atomic E-state index is 0.102. The van der Waals surface area contributed by atoms with Crippen LogP contribution in [0.2, 0.25) is 5.02 Å². The molecule has 0 unspecified atom stereocenters. The van der Waals surface area contributed by atoms with Gasteiger partial charge in [-0.3, -0.25) is 4.90 Å². The predicted octanol–water partition coefficient (Wildman–Crippen LogP) is 3.74. The summed E-state index contributed by atoms with van der Waals surface area (Å²) in [6.07, 6.45) is 3.36. The van der Waals surface area contributed by atoms with Crippen molar-refractivity contribution in [1.29, 1.82) is 0 Å². The van der Waals surface area contributed by atoms with Crippen molar-refractivity contribution < 1.29 is 9.32 Å². The van der Waals surface area contributed by atoms with Crippen LogP contribution in [-0.4, -0.2) is 46.7 Å². The zero-order chi connectivity index (χ0) is 20.6. The molecule has 2 aromatic rings. The number of aromatic nitrogens is 2. The Kier molecular flexibility index (Phi) is 7.89. The molecule has 2 heterocycles. The van der Waals surface area contributed by atoms with Gasteiger partial charge in [-0.2, -0.15) is 4.98 Å². The number of amides is 2. The normalized spacial score (nSPS) is 15.6. The van der Waals surface area contributed by atoms with Gasteiger partial charge in [-0.15, -0.1) is 0 Å². The highest BCUT2D eigenvalue weighted by Gasteiger charge is 2.20. The third kappa shape index (κ3) is 7.01. The number of urea groups is 1. The van der Waals surface area contributed by atoms with Crippen molar-refractivity contribution in [1.82, 2.24) is 25.7 Å². The third-order valence-electron chi connectivity index (χ3n) is 5.10. The summed E-state index contributed by atoms with van der Waals surface area (Å²) in [6.45, 7) is 7.52. The maximum atomic E-state index is 12.1. The molecule has 0 atom stereocenters. The van der Waals surface area contributed by atoms with Gasteiger partial charge in [0, 0.05) is 49.6 Å². The topological polar surface area (TPSA) is 83.3 Å². The average molecular weight is 420 g/mol. The summed E-state index contributed by atoms with van der Waals surface area (Å²) < 4.78 is 5.21. The molecule has 8 heteroatoms. The first-order valence-electron chi connectivity index (χ1n) is 10.3. The lowest BCUT2D eigenvalue weighted by molar-refractivity contribution is 0.186. The van der Waals surface area contributed by atoms with Gasteiger partial charge < -0.3 is 15.2 Å². The lowest BCUT2D eigenvalue weighted by atomic mass is 10.0. The van der Waals surface area contributed by atoms with Gasteiger partial charge in [0.25, 0.3) is 0 Å². The standard InChI is InChI=1S/C21H30ClN5O2/c1-15(2)20-25-19(29-26-20)4-3-11-23-21(28)24-18-9-12-27(13-10-18)14-16-5-7-17(22)8-6-16/h5-8,15,18H,3-4,9-14H2,1-2H3,(H2,23,24,28). The van der Waals surface area contributed by atoms with E-state index in [-0.39, 0.29) is 18.0 Å². The number of carbonyl (C=O) groups excluding carboxylic acids is 1. The van der Waals surface area contributed by atoms with E-state index in [0.29, 0.717) is 18.9 Å². The Bertz CT molecular complexity index is 770. The molecule has 0 saturated carbocycles. The number of halogens is 1. The molecule has 158 valence electrons. The molecule has 29 heavy (non-hydrogen) atoms. The van der Waals surface area contributed by atoms with Crippen molar-refractivity contribution >= 4 is 17.6 Å². The van der Waals surface area contributed by atoms with Crippen LogP contribution in [0.4, 0.5) is 4.79 Å². The zero-order valence-electron chi connectivity index (χ0n) is 17.2. The van der Waals surface area contributed by atoms with E-state index in [1.165, 1.54) is 5.56 Å². The second-order valence-corrected chi connectivity index (χ2v) is 8.32. The molecule has 1 fully saturated rings. The first-order chi connectivity index (χ1) is 14.0. The molecule has 1 aromatic carbocycles. The Hall–Kier alpha value is -2.12. The van der Waals surface area contributed by atoms with Crippen molar-refractivity contribution in [3.8, 4) is 0 Å². The number of hydrogen-bond donors (Lipinski definition) is 2. The second-order valence-electron chi connectivity index (χ2n) is 7.88. The highest BCUT2D eigenvalue weighted by molar-refractivity contribution is 6.30. The van der Waals surface area contributed by atoms with Crippen LogP contribution in [0.5, 0.6) is 0 Å². The van der Waals surface area contributed by atoms with E-state index >= 15 is 0 Å². The van der Waals surface area contributed by atoms with Crippen molar-refractivity contribution in [3.63, 3.8) is 0 Å². The summed E-state index contributed by atoms with van der Waals surface area (Å²) in [7, 11) is 0. The molecular weight excluding hydrogens is 390 g/mol. The van der Waals surface area contributed by atoms with Crippen LogP contribution in [-0.2, 0) is 13.0 Å². The van der Waals surface area contributed by atoms with Crippen molar-refractivity contribution in [2.45, 2.75) is 58.0 Å². The highest BCUT2D eigenvalue weighted by Crippen LogP contribution is 2.16. The number of benzene rings is 1. The summed E-state index contributed by atoms with van der Waals surface area (Å²) in [6, 6.07) is 8.11. The fraction of sp³-hybridized carbons (Fsp3) is 0.571. The second kappa shape index (κ2) is 10.6. The largest absolute Gasteiger partial charge is 0.339 e. The molecule has 2 amide bonds. The first kappa shape index (κ1) is 21.6. The number of nitrogens with zero attached hydrogens (tertiary/aromatic N) is 3. The number of hydrogen-bond acceptors (Lipinski definition) is 5. The fourth-order valence-corrected chi connectivity index (χ4v) is 3.49. The summed E-state index contributed by atoms with van der Waals surface area (Å²) in [5.41, 5.74) is 1.26. The van der Waals surface area contributed by atoms with Crippen LogP contribution in [0.3, 0.4) is 0 Å². The number of aryl methyl sites for hydroxylation is 1. The molecule has 1 saturated heterocycles. The lowest BCUT2D eigenvalue weighted by Crippen LogP contribution is -2.47. The van der Waals surface area contributed by atoms with E-state index in [9.17, 15) is 4.79 Å². The van der Waals surface area contributed by atoms with Gasteiger partial charge in [0.1, 0.15) is 0 Å². The fourth-order valence-electron chi connectivity index (χ4n) is 3.37. The molecule has 0 aliphatic carbocycles. The van der Waals surface area contributed by atoms with Crippen LogP contribution in [0.15, 0.2) is 28.8 Å². The van der Waals surface area contributed by atoms with Gasteiger partial charge in [-0.1, -0.05) is 42.7 Å². The number of nitrogens with one attached hydrogen (secondary N) is 2. The van der Waals surface area contributed by atoms with Crippen LogP contribution < -0.4 is 10.6 Å². The van der Waals surface area contributed by atoms with E-state index in [1.807, 2.05) is 26.0 Å². The van der Waals surface area contributed by atoms with Crippen molar-refractivity contribution in [2.24, 2.45) is 0 Å². The summed E-state index contributed by atoms with van der Waals surface area (Å²) >= 11 is 5.94. The number of rotatable bonds is 8.